The van der Waals surface area contributed by atoms with Gasteiger partial charge in [0, 0.05) is 11.9 Å². The maximum Gasteiger partial charge on any atom is 0.303 e. The van der Waals surface area contributed by atoms with Crippen molar-refractivity contribution < 1.29 is 23.1 Å². The van der Waals surface area contributed by atoms with Crippen LogP contribution in [0.5, 0.6) is 0 Å². The number of hydrogen-bond acceptors (Lipinski definition) is 2. The number of aliphatic carboxylic acids is 1. The van der Waals surface area contributed by atoms with E-state index in [1.54, 1.807) is 0 Å². The van der Waals surface area contributed by atoms with Crippen LogP contribution in [0.1, 0.15) is 18.4 Å². The van der Waals surface area contributed by atoms with Crippen LogP contribution in [0, 0.1) is 0 Å². The largest absolute Gasteiger partial charge is 0.481 e. The standard InChI is InChI=1S/C8H9F3N2O2/c9-7(10)8(11)13-5(3-4-12-13)1-2-6(14)15/h3-4,7-8H,1-2H2,(H,14,15). The molecular weight excluding hydrogens is 213 g/mol. The Morgan fingerprint density at radius 2 is 2.20 bits per heavy atom. The summed E-state index contributed by atoms with van der Waals surface area (Å²) in [5.41, 5.74) is 0.144. The number of aromatic nitrogens is 2. The van der Waals surface area contributed by atoms with Gasteiger partial charge < -0.3 is 5.11 Å². The van der Waals surface area contributed by atoms with Crippen LogP contribution in [0.4, 0.5) is 13.2 Å². The fraction of sp³-hybridized carbons (Fsp3) is 0.500. The molecule has 0 aliphatic carbocycles. The molecule has 0 saturated heterocycles. The highest BCUT2D eigenvalue weighted by molar-refractivity contribution is 5.66. The summed E-state index contributed by atoms with van der Waals surface area (Å²) in [6.07, 6.45) is -4.81. The minimum Gasteiger partial charge on any atom is -0.481 e. The molecule has 0 spiro atoms. The van der Waals surface area contributed by atoms with Crippen LogP contribution in [-0.2, 0) is 11.2 Å². The summed E-state index contributed by atoms with van der Waals surface area (Å²) < 4.78 is 37.4. The van der Waals surface area contributed by atoms with Gasteiger partial charge in [-0.1, -0.05) is 0 Å². The fourth-order valence-corrected chi connectivity index (χ4v) is 1.10. The van der Waals surface area contributed by atoms with Gasteiger partial charge in [-0.05, 0) is 12.5 Å². The molecule has 0 aromatic carbocycles. The topological polar surface area (TPSA) is 55.1 Å². The first kappa shape index (κ1) is 11.5. The van der Waals surface area contributed by atoms with Crippen molar-refractivity contribution in [3.05, 3.63) is 18.0 Å². The van der Waals surface area contributed by atoms with E-state index in [0.29, 0.717) is 4.68 Å². The molecule has 0 bridgehead atoms. The molecule has 1 N–H and O–H groups in total. The lowest BCUT2D eigenvalue weighted by molar-refractivity contribution is -0.137. The monoisotopic (exact) mass is 222 g/mol. The molecule has 1 aromatic heterocycles. The number of carboxylic acids is 1. The maximum atomic E-state index is 12.9. The number of alkyl halides is 3. The van der Waals surface area contributed by atoms with E-state index in [9.17, 15) is 18.0 Å². The quantitative estimate of drug-likeness (QED) is 0.823. The predicted octanol–water partition coefficient (Wildman–Crippen LogP) is 1.63. The molecule has 15 heavy (non-hydrogen) atoms. The number of rotatable bonds is 5. The molecule has 1 aromatic rings. The van der Waals surface area contributed by atoms with E-state index >= 15 is 0 Å². The van der Waals surface area contributed by atoms with E-state index < -0.39 is 18.7 Å². The van der Waals surface area contributed by atoms with Crippen molar-refractivity contribution in [3.63, 3.8) is 0 Å². The van der Waals surface area contributed by atoms with Crippen molar-refractivity contribution in [2.75, 3.05) is 0 Å². The van der Waals surface area contributed by atoms with Crippen molar-refractivity contribution in [1.82, 2.24) is 9.78 Å². The summed E-state index contributed by atoms with van der Waals surface area (Å²) in [7, 11) is 0. The van der Waals surface area contributed by atoms with E-state index in [-0.39, 0.29) is 18.5 Å². The lowest BCUT2D eigenvalue weighted by atomic mass is 10.2. The van der Waals surface area contributed by atoms with Crippen LogP contribution in [-0.4, -0.2) is 27.3 Å². The Morgan fingerprint density at radius 1 is 1.53 bits per heavy atom. The lowest BCUT2D eigenvalue weighted by Crippen LogP contribution is -2.16. The van der Waals surface area contributed by atoms with Gasteiger partial charge in [-0.3, -0.25) is 4.79 Å². The summed E-state index contributed by atoms with van der Waals surface area (Å²) in [6.45, 7) is 0. The third kappa shape index (κ3) is 2.97. The summed E-state index contributed by atoms with van der Waals surface area (Å²) in [6, 6.07) is 1.32. The van der Waals surface area contributed by atoms with Crippen LogP contribution in [0.25, 0.3) is 0 Å². The Hall–Kier alpha value is -1.53. The van der Waals surface area contributed by atoms with Crippen LogP contribution in [0.15, 0.2) is 12.3 Å². The Balaban J connectivity index is 2.73. The first-order valence-electron chi connectivity index (χ1n) is 4.18. The highest BCUT2D eigenvalue weighted by atomic mass is 19.3. The van der Waals surface area contributed by atoms with Crippen LogP contribution in [0.2, 0.25) is 0 Å². The zero-order valence-corrected chi connectivity index (χ0v) is 7.61. The predicted molar refractivity (Wildman–Crippen MR) is 44.3 cm³/mol. The summed E-state index contributed by atoms with van der Waals surface area (Å²) in [4.78, 5) is 10.2. The Kier molecular flexibility index (Phi) is 3.70. The van der Waals surface area contributed by atoms with Crippen molar-refractivity contribution in [2.24, 2.45) is 0 Å². The smallest absolute Gasteiger partial charge is 0.303 e. The Bertz CT molecular complexity index is 340. The second-order valence-electron chi connectivity index (χ2n) is 2.87. The van der Waals surface area contributed by atoms with E-state index in [0.717, 1.165) is 6.20 Å². The first-order valence-corrected chi connectivity index (χ1v) is 4.18. The van der Waals surface area contributed by atoms with Gasteiger partial charge in [-0.15, -0.1) is 0 Å². The summed E-state index contributed by atoms with van der Waals surface area (Å²) in [5.74, 6) is -1.07. The normalized spacial score (nSPS) is 13.1. The molecular formula is C8H9F3N2O2. The molecule has 0 aliphatic heterocycles. The molecule has 0 aliphatic rings. The van der Waals surface area contributed by atoms with Gasteiger partial charge in [0.2, 0.25) is 0 Å². The Labute approximate surface area is 83.3 Å². The number of hydrogen-bond donors (Lipinski definition) is 1. The zero-order chi connectivity index (χ0) is 11.4. The molecule has 4 nitrogen and oxygen atoms in total. The second-order valence-corrected chi connectivity index (χ2v) is 2.87. The highest BCUT2D eigenvalue weighted by Gasteiger charge is 2.23. The SMILES string of the molecule is O=C(O)CCc1ccnn1C(F)C(F)F. The molecule has 0 amide bonds. The molecule has 1 heterocycles. The molecule has 0 fully saturated rings. The van der Waals surface area contributed by atoms with E-state index in [2.05, 4.69) is 5.10 Å². The fourth-order valence-electron chi connectivity index (χ4n) is 1.10. The number of carbonyl (C=O) groups is 1. The minimum absolute atomic E-state index is 0.0253. The molecule has 7 heteroatoms. The van der Waals surface area contributed by atoms with Crippen LogP contribution in [0.3, 0.4) is 0 Å². The number of nitrogens with zero attached hydrogens (tertiary/aromatic N) is 2. The van der Waals surface area contributed by atoms with Gasteiger partial charge in [0.15, 0.2) is 0 Å². The van der Waals surface area contributed by atoms with Crippen molar-refractivity contribution in [1.29, 1.82) is 0 Å². The molecule has 1 rings (SSSR count). The number of aryl methyl sites for hydroxylation is 1. The molecule has 84 valence electrons. The maximum absolute atomic E-state index is 12.9. The molecule has 1 atom stereocenters. The van der Waals surface area contributed by atoms with E-state index in [1.165, 1.54) is 6.07 Å². The van der Waals surface area contributed by atoms with Crippen molar-refractivity contribution in [2.45, 2.75) is 25.6 Å². The second kappa shape index (κ2) is 4.81. The molecule has 0 radical (unpaired) electrons. The lowest BCUT2D eigenvalue weighted by Gasteiger charge is -2.10. The average molecular weight is 222 g/mol. The van der Waals surface area contributed by atoms with Gasteiger partial charge in [0.1, 0.15) is 0 Å². The van der Waals surface area contributed by atoms with Crippen LogP contribution >= 0.6 is 0 Å². The van der Waals surface area contributed by atoms with E-state index in [4.69, 9.17) is 5.11 Å². The van der Waals surface area contributed by atoms with E-state index in [1.807, 2.05) is 0 Å². The number of halogens is 3. The summed E-state index contributed by atoms with van der Waals surface area (Å²) >= 11 is 0. The van der Waals surface area contributed by atoms with Crippen molar-refractivity contribution >= 4 is 5.97 Å². The number of carboxylic acid groups (broad SMARTS) is 1. The summed E-state index contributed by atoms with van der Waals surface area (Å²) in [5, 5.41) is 11.8. The third-order valence-electron chi connectivity index (χ3n) is 1.79. The van der Waals surface area contributed by atoms with Crippen molar-refractivity contribution in [3.8, 4) is 0 Å². The van der Waals surface area contributed by atoms with Gasteiger partial charge in [-0.25, -0.2) is 17.9 Å². The molecule has 1 unspecified atom stereocenters. The molecule has 0 saturated carbocycles. The third-order valence-corrected chi connectivity index (χ3v) is 1.79. The Morgan fingerprint density at radius 3 is 2.73 bits per heavy atom. The van der Waals surface area contributed by atoms with Crippen LogP contribution < -0.4 is 0 Å². The zero-order valence-electron chi connectivity index (χ0n) is 7.61. The van der Waals surface area contributed by atoms with Gasteiger partial charge in [0.05, 0.1) is 6.42 Å². The average Bonchev–Trinajstić information content (AvgIpc) is 2.60. The first-order chi connectivity index (χ1) is 7.02. The van der Waals surface area contributed by atoms with Gasteiger partial charge >= 0.3 is 5.97 Å². The van der Waals surface area contributed by atoms with Gasteiger partial charge in [-0.2, -0.15) is 5.10 Å². The minimum atomic E-state index is -3.17. The highest BCUT2D eigenvalue weighted by Crippen LogP contribution is 2.19. The van der Waals surface area contributed by atoms with Gasteiger partial charge in [0.25, 0.3) is 12.7 Å².